The molecule has 1 aliphatic rings. The molecule has 20 heavy (non-hydrogen) atoms. The van der Waals surface area contributed by atoms with Gasteiger partial charge in [-0.2, -0.15) is 0 Å². The van der Waals surface area contributed by atoms with Crippen molar-refractivity contribution < 1.29 is 14.3 Å². The van der Waals surface area contributed by atoms with Gasteiger partial charge in [0.05, 0.1) is 12.7 Å². The number of carbonyl (C=O) groups excluding carboxylic acids is 1. The molecule has 1 aliphatic heterocycles. The normalized spacial score (nSPS) is 17.9. The molecule has 1 saturated heterocycles. The SMILES string of the molecule is CCOc1cc(N)cc(C(=O)NCCC2CCCO2)c1. The summed E-state index contributed by atoms with van der Waals surface area (Å²) < 4.78 is 10.9. The molecule has 1 atom stereocenters. The Kier molecular flexibility index (Phi) is 5.24. The summed E-state index contributed by atoms with van der Waals surface area (Å²) in [5.41, 5.74) is 6.83. The molecule has 1 fully saturated rings. The predicted octanol–water partition coefficient (Wildman–Crippen LogP) is 1.97. The second-order valence-corrected chi connectivity index (χ2v) is 4.90. The monoisotopic (exact) mass is 278 g/mol. The Morgan fingerprint density at radius 3 is 3.05 bits per heavy atom. The first-order valence-corrected chi connectivity index (χ1v) is 7.12. The molecule has 1 aromatic rings. The molecule has 3 N–H and O–H groups in total. The maximum absolute atomic E-state index is 12.1. The molecular weight excluding hydrogens is 256 g/mol. The minimum Gasteiger partial charge on any atom is -0.494 e. The van der Waals surface area contributed by atoms with Crippen LogP contribution in [0.4, 0.5) is 5.69 Å². The summed E-state index contributed by atoms with van der Waals surface area (Å²) in [6.07, 6.45) is 3.34. The quantitative estimate of drug-likeness (QED) is 0.780. The summed E-state index contributed by atoms with van der Waals surface area (Å²) in [6.45, 7) is 3.89. The molecule has 110 valence electrons. The molecule has 1 heterocycles. The van der Waals surface area contributed by atoms with Gasteiger partial charge in [0, 0.05) is 30.5 Å². The minimum absolute atomic E-state index is 0.128. The summed E-state index contributed by atoms with van der Waals surface area (Å²) in [6, 6.07) is 5.08. The number of hydrogen-bond acceptors (Lipinski definition) is 4. The van der Waals surface area contributed by atoms with Crippen molar-refractivity contribution in [2.75, 3.05) is 25.5 Å². The Balaban J connectivity index is 1.87. The van der Waals surface area contributed by atoms with Crippen molar-refractivity contribution in [2.45, 2.75) is 32.3 Å². The van der Waals surface area contributed by atoms with Gasteiger partial charge < -0.3 is 20.5 Å². The Labute approximate surface area is 119 Å². The first-order valence-electron chi connectivity index (χ1n) is 7.12. The third kappa shape index (κ3) is 4.13. The fourth-order valence-corrected chi connectivity index (χ4v) is 2.32. The van der Waals surface area contributed by atoms with E-state index < -0.39 is 0 Å². The van der Waals surface area contributed by atoms with Crippen molar-refractivity contribution in [1.82, 2.24) is 5.32 Å². The van der Waals surface area contributed by atoms with Gasteiger partial charge in [-0.05, 0) is 38.3 Å². The van der Waals surface area contributed by atoms with Crippen LogP contribution in [-0.4, -0.2) is 31.8 Å². The van der Waals surface area contributed by atoms with Crippen LogP contribution in [0.1, 0.15) is 36.5 Å². The largest absolute Gasteiger partial charge is 0.494 e. The maximum Gasteiger partial charge on any atom is 0.251 e. The summed E-state index contributed by atoms with van der Waals surface area (Å²) in [5.74, 6) is 0.494. The van der Waals surface area contributed by atoms with Crippen molar-refractivity contribution in [1.29, 1.82) is 0 Å². The van der Waals surface area contributed by atoms with Gasteiger partial charge in [0.25, 0.3) is 5.91 Å². The predicted molar refractivity (Wildman–Crippen MR) is 77.9 cm³/mol. The highest BCUT2D eigenvalue weighted by molar-refractivity contribution is 5.95. The standard InChI is InChI=1S/C15H22N2O3/c1-2-19-14-9-11(8-12(16)10-14)15(18)17-6-5-13-4-3-7-20-13/h8-10,13H,2-7,16H2,1H3,(H,17,18). The van der Waals surface area contributed by atoms with E-state index in [0.717, 1.165) is 25.9 Å². The fraction of sp³-hybridized carbons (Fsp3) is 0.533. The third-order valence-electron chi connectivity index (χ3n) is 3.28. The molecule has 0 saturated carbocycles. The fourth-order valence-electron chi connectivity index (χ4n) is 2.32. The Morgan fingerprint density at radius 2 is 2.35 bits per heavy atom. The molecule has 0 aromatic heterocycles. The van der Waals surface area contributed by atoms with Crippen LogP contribution in [0, 0.1) is 0 Å². The van der Waals surface area contributed by atoms with Crippen LogP contribution in [0.15, 0.2) is 18.2 Å². The number of hydrogen-bond donors (Lipinski definition) is 2. The summed E-state index contributed by atoms with van der Waals surface area (Å²) in [4.78, 5) is 12.1. The van der Waals surface area contributed by atoms with E-state index in [1.54, 1.807) is 18.2 Å². The van der Waals surface area contributed by atoms with Crippen molar-refractivity contribution >= 4 is 11.6 Å². The molecule has 0 spiro atoms. The highest BCUT2D eigenvalue weighted by atomic mass is 16.5. The van der Waals surface area contributed by atoms with E-state index in [0.29, 0.717) is 30.2 Å². The zero-order valence-electron chi connectivity index (χ0n) is 11.9. The number of benzene rings is 1. The third-order valence-corrected chi connectivity index (χ3v) is 3.28. The number of nitrogen functional groups attached to an aromatic ring is 1. The Morgan fingerprint density at radius 1 is 1.50 bits per heavy atom. The molecular formula is C15H22N2O3. The highest BCUT2D eigenvalue weighted by Crippen LogP contribution is 2.19. The number of carbonyl (C=O) groups is 1. The van der Waals surface area contributed by atoms with Crippen molar-refractivity contribution in [3.8, 4) is 5.75 Å². The van der Waals surface area contributed by atoms with E-state index in [2.05, 4.69) is 5.32 Å². The lowest BCUT2D eigenvalue weighted by Gasteiger charge is -2.11. The Hall–Kier alpha value is -1.75. The van der Waals surface area contributed by atoms with E-state index in [4.69, 9.17) is 15.2 Å². The zero-order valence-corrected chi connectivity index (χ0v) is 11.9. The molecule has 0 bridgehead atoms. The van der Waals surface area contributed by atoms with E-state index in [-0.39, 0.29) is 12.0 Å². The van der Waals surface area contributed by atoms with Gasteiger partial charge in [-0.25, -0.2) is 0 Å². The van der Waals surface area contributed by atoms with Gasteiger partial charge in [-0.3, -0.25) is 4.79 Å². The first-order chi connectivity index (χ1) is 9.69. The second-order valence-electron chi connectivity index (χ2n) is 4.90. The van der Waals surface area contributed by atoms with Crippen LogP contribution >= 0.6 is 0 Å². The van der Waals surface area contributed by atoms with Gasteiger partial charge in [-0.1, -0.05) is 0 Å². The average molecular weight is 278 g/mol. The number of amides is 1. The molecule has 5 nitrogen and oxygen atoms in total. The lowest BCUT2D eigenvalue weighted by Crippen LogP contribution is -2.27. The van der Waals surface area contributed by atoms with Crippen LogP contribution in [0.25, 0.3) is 0 Å². The van der Waals surface area contributed by atoms with Crippen LogP contribution in [-0.2, 0) is 4.74 Å². The van der Waals surface area contributed by atoms with Crippen LogP contribution in [0.3, 0.4) is 0 Å². The molecule has 2 rings (SSSR count). The second kappa shape index (κ2) is 7.14. The summed E-state index contributed by atoms with van der Waals surface area (Å²) in [7, 11) is 0. The molecule has 0 radical (unpaired) electrons. The summed E-state index contributed by atoms with van der Waals surface area (Å²) >= 11 is 0. The van der Waals surface area contributed by atoms with Gasteiger partial charge in [0.15, 0.2) is 0 Å². The van der Waals surface area contributed by atoms with Crippen LogP contribution < -0.4 is 15.8 Å². The summed E-state index contributed by atoms with van der Waals surface area (Å²) in [5, 5.41) is 2.89. The molecule has 1 amide bonds. The van der Waals surface area contributed by atoms with Gasteiger partial charge in [-0.15, -0.1) is 0 Å². The lowest BCUT2D eigenvalue weighted by molar-refractivity contribution is 0.0907. The number of rotatable bonds is 6. The van der Waals surface area contributed by atoms with Gasteiger partial charge in [0.2, 0.25) is 0 Å². The molecule has 1 unspecified atom stereocenters. The Bertz CT molecular complexity index is 456. The highest BCUT2D eigenvalue weighted by Gasteiger charge is 2.15. The van der Waals surface area contributed by atoms with E-state index in [1.165, 1.54) is 0 Å². The van der Waals surface area contributed by atoms with Gasteiger partial charge in [0.1, 0.15) is 5.75 Å². The van der Waals surface area contributed by atoms with Gasteiger partial charge >= 0.3 is 0 Å². The molecule has 0 aliphatic carbocycles. The first kappa shape index (κ1) is 14.7. The van der Waals surface area contributed by atoms with E-state index in [1.807, 2.05) is 6.92 Å². The average Bonchev–Trinajstić information content (AvgIpc) is 2.91. The van der Waals surface area contributed by atoms with Crippen molar-refractivity contribution in [2.24, 2.45) is 0 Å². The number of ether oxygens (including phenoxy) is 2. The van der Waals surface area contributed by atoms with Crippen LogP contribution in [0.2, 0.25) is 0 Å². The zero-order chi connectivity index (χ0) is 14.4. The topological polar surface area (TPSA) is 73.6 Å². The smallest absolute Gasteiger partial charge is 0.251 e. The minimum atomic E-state index is -0.128. The van der Waals surface area contributed by atoms with Crippen molar-refractivity contribution in [3.05, 3.63) is 23.8 Å². The number of nitrogens with one attached hydrogen (secondary N) is 1. The van der Waals surface area contributed by atoms with Crippen LogP contribution in [0.5, 0.6) is 5.75 Å². The van der Waals surface area contributed by atoms with E-state index >= 15 is 0 Å². The molecule has 5 heteroatoms. The number of nitrogens with two attached hydrogens (primary N) is 1. The van der Waals surface area contributed by atoms with E-state index in [9.17, 15) is 4.79 Å². The molecule has 1 aromatic carbocycles. The lowest BCUT2D eigenvalue weighted by atomic mass is 10.1. The van der Waals surface area contributed by atoms with Crippen molar-refractivity contribution in [3.63, 3.8) is 0 Å². The maximum atomic E-state index is 12.1. The number of anilines is 1.